The van der Waals surface area contributed by atoms with Crippen molar-refractivity contribution >= 4 is 16.7 Å². The van der Waals surface area contributed by atoms with Gasteiger partial charge in [0, 0.05) is 41.5 Å². The van der Waals surface area contributed by atoms with Gasteiger partial charge in [-0.25, -0.2) is 0 Å². The number of fused-ring (bicyclic) bond motifs is 1. The van der Waals surface area contributed by atoms with E-state index in [1.807, 2.05) is 41.3 Å². The topological polar surface area (TPSA) is 55.8 Å². The molecule has 1 aliphatic rings. The summed E-state index contributed by atoms with van der Waals surface area (Å²) in [7, 11) is 2.30. The maximum absolute atomic E-state index is 12.9. The lowest BCUT2D eigenvalue weighted by molar-refractivity contribution is 0.0734. The van der Waals surface area contributed by atoms with E-state index in [4.69, 9.17) is 9.47 Å². The zero-order valence-electron chi connectivity index (χ0n) is 15.3. The minimum absolute atomic E-state index is 0.00540. The van der Waals surface area contributed by atoms with Crippen molar-refractivity contribution in [3.63, 3.8) is 0 Å². The third-order valence-electron chi connectivity index (χ3n) is 4.55. The Morgan fingerprint density at radius 1 is 1.12 bits per heavy atom. The van der Waals surface area contributed by atoms with Crippen molar-refractivity contribution in [2.75, 3.05) is 27.0 Å². The minimum atomic E-state index is -0.930. The molecule has 6 heteroatoms. The minimum Gasteiger partial charge on any atom is -0.493 e. The molecule has 0 saturated carbocycles. The summed E-state index contributed by atoms with van der Waals surface area (Å²) in [5, 5.41) is 0. The summed E-state index contributed by atoms with van der Waals surface area (Å²) in [4.78, 5) is 14.8. The first-order chi connectivity index (χ1) is 12.5. The molecule has 1 heterocycles. The van der Waals surface area contributed by atoms with Crippen molar-refractivity contribution in [1.29, 1.82) is 0 Å². The fourth-order valence-corrected chi connectivity index (χ4v) is 3.92. The fourth-order valence-electron chi connectivity index (χ4n) is 3.27. The van der Waals surface area contributed by atoms with Crippen molar-refractivity contribution in [2.45, 2.75) is 18.7 Å². The van der Waals surface area contributed by atoms with Crippen LogP contribution in [0.2, 0.25) is 0 Å². The number of nitrogens with zero attached hydrogens (tertiary/aromatic N) is 1. The van der Waals surface area contributed by atoms with Crippen LogP contribution in [0.5, 0.6) is 11.5 Å². The van der Waals surface area contributed by atoms with Crippen molar-refractivity contribution in [2.24, 2.45) is 0 Å². The van der Waals surface area contributed by atoms with E-state index in [1.54, 1.807) is 20.5 Å². The average molecular weight is 373 g/mol. The molecule has 0 N–H and O–H groups in total. The number of amides is 1. The molecule has 1 unspecified atom stereocenters. The molecule has 0 saturated heterocycles. The van der Waals surface area contributed by atoms with Gasteiger partial charge in [0.25, 0.3) is 5.91 Å². The van der Waals surface area contributed by atoms with Crippen LogP contribution in [0.1, 0.15) is 27.0 Å². The molecule has 0 aromatic heterocycles. The van der Waals surface area contributed by atoms with Crippen LogP contribution in [0.3, 0.4) is 0 Å². The van der Waals surface area contributed by atoms with Gasteiger partial charge in [0.15, 0.2) is 11.5 Å². The molecule has 26 heavy (non-hydrogen) atoms. The maximum Gasteiger partial charge on any atom is 0.254 e. The molecule has 2 aromatic carbocycles. The highest BCUT2D eigenvalue weighted by Gasteiger charge is 2.23. The second-order valence-corrected chi connectivity index (χ2v) is 7.81. The Kier molecular flexibility index (Phi) is 5.61. The second kappa shape index (κ2) is 7.91. The fraction of sp³-hybridized carbons (Fsp3) is 0.350. The Morgan fingerprint density at radius 3 is 2.46 bits per heavy atom. The molecule has 0 spiro atoms. The Hall–Kier alpha value is -2.34. The first-order valence-corrected chi connectivity index (χ1v) is 10.2. The molecule has 0 fully saturated rings. The summed E-state index contributed by atoms with van der Waals surface area (Å²) in [6.07, 6.45) is 2.44. The largest absolute Gasteiger partial charge is 0.493 e. The van der Waals surface area contributed by atoms with E-state index < -0.39 is 10.8 Å². The lowest BCUT2D eigenvalue weighted by atomic mass is 9.98. The van der Waals surface area contributed by atoms with E-state index >= 15 is 0 Å². The van der Waals surface area contributed by atoms with Gasteiger partial charge >= 0.3 is 0 Å². The summed E-state index contributed by atoms with van der Waals surface area (Å²) in [6, 6.07) is 11.3. The summed E-state index contributed by atoms with van der Waals surface area (Å²) in [6.45, 7) is 1.20. The average Bonchev–Trinajstić information content (AvgIpc) is 2.65. The highest BCUT2D eigenvalue weighted by Crippen LogP contribution is 2.33. The predicted molar refractivity (Wildman–Crippen MR) is 102 cm³/mol. The third-order valence-corrected chi connectivity index (χ3v) is 5.29. The number of carbonyl (C=O) groups is 1. The number of carbonyl (C=O) groups excluding carboxylic acids is 1. The summed E-state index contributed by atoms with van der Waals surface area (Å²) in [5.41, 5.74) is 3.81. The van der Waals surface area contributed by atoms with Crippen LogP contribution in [0.4, 0.5) is 0 Å². The van der Waals surface area contributed by atoms with Gasteiger partial charge in [-0.3, -0.25) is 9.00 Å². The SMILES string of the molecule is COc1cc2c(cc1OC)CN(C(=O)c1cccc(CS(C)=O)c1)CC2. The predicted octanol–water partition coefficient (Wildman–Crippen LogP) is 2.78. The van der Waals surface area contributed by atoms with Gasteiger partial charge in [-0.1, -0.05) is 12.1 Å². The van der Waals surface area contributed by atoms with Crippen molar-refractivity contribution in [3.8, 4) is 11.5 Å². The number of ether oxygens (including phenoxy) is 2. The van der Waals surface area contributed by atoms with E-state index in [0.717, 1.165) is 17.5 Å². The lowest BCUT2D eigenvalue weighted by Crippen LogP contribution is -2.36. The standard InChI is InChI=1S/C20H23NO4S/c1-24-18-10-15-7-8-21(12-17(15)11-19(18)25-2)20(22)16-6-4-5-14(9-16)13-26(3)23/h4-6,9-11H,7-8,12-13H2,1-3H3. The van der Waals surface area contributed by atoms with E-state index in [2.05, 4.69) is 0 Å². The van der Waals surface area contributed by atoms with E-state index in [0.29, 0.717) is 35.9 Å². The third kappa shape index (κ3) is 3.90. The van der Waals surface area contributed by atoms with Gasteiger partial charge < -0.3 is 14.4 Å². The van der Waals surface area contributed by atoms with E-state index in [1.165, 1.54) is 5.56 Å². The quantitative estimate of drug-likeness (QED) is 0.809. The monoisotopic (exact) mass is 373 g/mol. The molecule has 0 bridgehead atoms. The molecule has 0 aliphatic carbocycles. The Morgan fingerprint density at radius 2 is 1.81 bits per heavy atom. The van der Waals surface area contributed by atoms with E-state index in [-0.39, 0.29) is 5.91 Å². The zero-order chi connectivity index (χ0) is 18.7. The molecular formula is C20H23NO4S. The molecule has 0 radical (unpaired) electrons. The van der Waals surface area contributed by atoms with Crippen molar-refractivity contribution < 1.29 is 18.5 Å². The number of hydrogen-bond donors (Lipinski definition) is 0. The summed E-state index contributed by atoms with van der Waals surface area (Å²) in [5.74, 6) is 1.84. The van der Waals surface area contributed by atoms with Crippen LogP contribution in [0.25, 0.3) is 0 Å². The maximum atomic E-state index is 12.9. The first kappa shape index (κ1) is 18.5. The number of methoxy groups -OCH3 is 2. The Labute approximate surface area is 156 Å². The van der Waals surface area contributed by atoms with E-state index in [9.17, 15) is 9.00 Å². The molecule has 1 atom stereocenters. The molecular weight excluding hydrogens is 350 g/mol. The second-order valence-electron chi connectivity index (χ2n) is 6.37. The van der Waals surface area contributed by atoms with Gasteiger partial charge in [-0.15, -0.1) is 0 Å². The molecule has 3 rings (SSSR count). The summed E-state index contributed by atoms with van der Waals surface area (Å²) >= 11 is 0. The highest BCUT2D eigenvalue weighted by atomic mass is 32.2. The lowest BCUT2D eigenvalue weighted by Gasteiger charge is -2.30. The van der Waals surface area contributed by atoms with Crippen LogP contribution < -0.4 is 9.47 Å². The first-order valence-electron chi connectivity index (χ1n) is 8.44. The van der Waals surface area contributed by atoms with Crippen LogP contribution >= 0.6 is 0 Å². The van der Waals surface area contributed by atoms with Gasteiger partial charge in [0.1, 0.15) is 0 Å². The molecule has 2 aromatic rings. The Balaban J connectivity index is 1.82. The van der Waals surface area contributed by atoms with Crippen molar-refractivity contribution in [1.82, 2.24) is 4.90 Å². The zero-order valence-corrected chi connectivity index (χ0v) is 16.1. The number of benzene rings is 2. The van der Waals surface area contributed by atoms with Crippen LogP contribution in [0, 0.1) is 0 Å². The number of rotatable bonds is 5. The van der Waals surface area contributed by atoms with Gasteiger partial charge in [0.2, 0.25) is 0 Å². The molecule has 138 valence electrons. The summed E-state index contributed by atoms with van der Waals surface area (Å²) < 4.78 is 22.2. The van der Waals surface area contributed by atoms with Gasteiger partial charge in [0.05, 0.1) is 14.2 Å². The van der Waals surface area contributed by atoms with Crippen LogP contribution in [-0.4, -0.2) is 42.0 Å². The van der Waals surface area contributed by atoms with Crippen molar-refractivity contribution in [3.05, 3.63) is 58.7 Å². The normalized spacial score (nSPS) is 14.5. The Bertz CT molecular complexity index is 850. The molecule has 1 amide bonds. The van der Waals surface area contributed by atoms with Crippen LogP contribution in [0.15, 0.2) is 36.4 Å². The smallest absolute Gasteiger partial charge is 0.254 e. The molecule has 5 nitrogen and oxygen atoms in total. The van der Waals surface area contributed by atoms with Gasteiger partial charge in [-0.2, -0.15) is 0 Å². The van der Waals surface area contributed by atoms with Crippen LogP contribution in [-0.2, 0) is 29.5 Å². The molecule has 1 aliphatic heterocycles. The number of hydrogen-bond acceptors (Lipinski definition) is 4. The van der Waals surface area contributed by atoms with Gasteiger partial charge in [-0.05, 0) is 47.4 Å². The highest BCUT2D eigenvalue weighted by molar-refractivity contribution is 7.83.